The fourth-order valence-electron chi connectivity index (χ4n) is 3.45. The largest absolute Gasteiger partial charge is 0.377 e. The predicted octanol–water partition coefficient (Wildman–Crippen LogP) is 1.45. The lowest BCUT2D eigenvalue weighted by Gasteiger charge is -2.37. The molecule has 1 unspecified atom stereocenters. The quantitative estimate of drug-likeness (QED) is 0.848. The molecule has 3 rings (SSSR count). The fraction of sp³-hybridized carbons (Fsp3) is 0.667. The third-order valence-corrected chi connectivity index (χ3v) is 6.03. The second-order valence-corrected chi connectivity index (χ2v) is 8.35. The van der Waals surface area contributed by atoms with Crippen LogP contribution in [0.2, 0.25) is 0 Å². The summed E-state index contributed by atoms with van der Waals surface area (Å²) < 4.78 is 30.7. The van der Waals surface area contributed by atoms with Gasteiger partial charge in [0.1, 0.15) is 0 Å². The molecule has 2 fully saturated rings. The first-order valence-electron chi connectivity index (χ1n) is 7.43. The van der Waals surface area contributed by atoms with Crippen LogP contribution in [0.1, 0.15) is 24.8 Å². The normalized spacial score (nSPS) is 26.2. The highest BCUT2D eigenvalue weighted by atomic mass is 32.2. The maximum Gasteiger partial charge on any atom is 0.211 e. The molecular weight excluding hydrogens is 288 g/mol. The molecule has 6 heteroatoms. The third kappa shape index (κ3) is 3.44. The third-order valence-electron chi connectivity index (χ3n) is 4.72. The number of aromatic nitrogens is 1. The topological polar surface area (TPSA) is 59.5 Å². The molecule has 0 amide bonds. The Morgan fingerprint density at radius 2 is 2.19 bits per heavy atom. The zero-order valence-electron chi connectivity index (χ0n) is 12.4. The molecule has 0 N–H and O–H groups in total. The fourth-order valence-corrected chi connectivity index (χ4v) is 4.29. The van der Waals surface area contributed by atoms with Gasteiger partial charge in [0.25, 0.3) is 0 Å². The zero-order valence-corrected chi connectivity index (χ0v) is 13.2. The van der Waals surface area contributed by atoms with E-state index in [1.165, 1.54) is 11.8 Å². The Hall–Kier alpha value is -0.980. The smallest absolute Gasteiger partial charge is 0.211 e. The average Bonchev–Trinajstić information content (AvgIpc) is 2.82. The van der Waals surface area contributed by atoms with Gasteiger partial charge in [-0.05, 0) is 36.3 Å². The molecule has 1 aromatic rings. The van der Waals surface area contributed by atoms with Gasteiger partial charge in [-0.3, -0.25) is 4.98 Å². The summed E-state index contributed by atoms with van der Waals surface area (Å²) in [7, 11) is -3.05. The van der Waals surface area contributed by atoms with Gasteiger partial charge >= 0.3 is 0 Å². The summed E-state index contributed by atoms with van der Waals surface area (Å²) in [4.78, 5) is 4.14. The lowest BCUT2D eigenvalue weighted by atomic mass is 9.77. The van der Waals surface area contributed by atoms with Crippen LogP contribution in [0.4, 0.5) is 0 Å². The van der Waals surface area contributed by atoms with Crippen LogP contribution in [-0.4, -0.2) is 49.8 Å². The zero-order chi connectivity index (χ0) is 14.9. The highest BCUT2D eigenvalue weighted by molar-refractivity contribution is 7.88. The first kappa shape index (κ1) is 14.9. The molecule has 1 spiro atoms. The van der Waals surface area contributed by atoms with Gasteiger partial charge in [-0.1, -0.05) is 6.07 Å². The van der Waals surface area contributed by atoms with Crippen molar-refractivity contribution in [2.75, 3.05) is 26.0 Å². The van der Waals surface area contributed by atoms with Gasteiger partial charge in [0.05, 0.1) is 19.0 Å². The Bertz CT molecular complexity index is 580. The molecule has 0 aliphatic carbocycles. The monoisotopic (exact) mass is 310 g/mol. The van der Waals surface area contributed by atoms with Crippen LogP contribution in [0.15, 0.2) is 24.5 Å². The number of sulfonamides is 1. The molecule has 2 saturated heterocycles. The molecular formula is C15H22N2O3S. The van der Waals surface area contributed by atoms with Crippen LogP contribution >= 0.6 is 0 Å². The second kappa shape index (κ2) is 5.66. The molecule has 2 aliphatic heterocycles. The van der Waals surface area contributed by atoms with Crippen molar-refractivity contribution >= 4 is 10.0 Å². The second-order valence-electron chi connectivity index (χ2n) is 6.36. The molecule has 1 atom stereocenters. The summed E-state index contributed by atoms with van der Waals surface area (Å²) in [5.74, 6) is 0. The molecule has 0 radical (unpaired) electrons. The van der Waals surface area contributed by atoms with Crippen LogP contribution in [0, 0.1) is 5.41 Å². The van der Waals surface area contributed by atoms with Gasteiger partial charge in [0, 0.05) is 31.9 Å². The van der Waals surface area contributed by atoms with Gasteiger partial charge in [-0.2, -0.15) is 0 Å². The van der Waals surface area contributed by atoms with E-state index in [2.05, 4.69) is 11.1 Å². The van der Waals surface area contributed by atoms with E-state index in [9.17, 15) is 8.42 Å². The Labute approximate surface area is 126 Å². The van der Waals surface area contributed by atoms with Crippen LogP contribution in [0.3, 0.4) is 0 Å². The van der Waals surface area contributed by atoms with E-state index in [0.717, 1.165) is 32.3 Å². The Balaban J connectivity index is 1.58. The first-order valence-corrected chi connectivity index (χ1v) is 9.27. The number of pyridine rings is 1. The maximum atomic E-state index is 11.6. The molecule has 21 heavy (non-hydrogen) atoms. The molecule has 0 bridgehead atoms. The summed E-state index contributed by atoms with van der Waals surface area (Å²) in [6.07, 6.45) is 8.93. The van der Waals surface area contributed by atoms with Gasteiger partial charge in [0.15, 0.2) is 0 Å². The minimum Gasteiger partial charge on any atom is -0.377 e. The van der Waals surface area contributed by atoms with Crippen molar-refractivity contribution in [1.82, 2.24) is 9.29 Å². The minimum absolute atomic E-state index is 0.175. The molecule has 2 aliphatic rings. The predicted molar refractivity (Wildman–Crippen MR) is 80.4 cm³/mol. The highest BCUT2D eigenvalue weighted by Gasteiger charge is 2.43. The van der Waals surface area contributed by atoms with E-state index in [4.69, 9.17) is 4.74 Å². The van der Waals surface area contributed by atoms with E-state index in [1.54, 1.807) is 10.5 Å². The van der Waals surface area contributed by atoms with E-state index < -0.39 is 10.0 Å². The number of hydrogen-bond donors (Lipinski definition) is 0. The van der Waals surface area contributed by atoms with Crippen molar-refractivity contribution in [2.24, 2.45) is 5.41 Å². The standard InChI is InChI=1S/C15H22N2O3S/c1-21(18,19)17-7-4-15(5-8-17)10-14(20-12-15)9-13-3-2-6-16-11-13/h2-3,6,11,14H,4-5,7-10,12H2,1H3. The van der Waals surface area contributed by atoms with Crippen LogP contribution in [0.5, 0.6) is 0 Å². The van der Waals surface area contributed by atoms with Crippen molar-refractivity contribution in [2.45, 2.75) is 31.8 Å². The van der Waals surface area contributed by atoms with Gasteiger partial charge in [-0.25, -0.2) is 12.7 Å². The van der Waals surface area contributed by atoms with Crippen LogP contribution in [0.25, 0.3) is 0 Å². The van der Waals surface area contributed by atoms with Crippen molar-refractivity contribution < 1.29 is 13.2 Å². The summed E-state index contributed by atoms with van der Waals surface area (Å²) in [5, 5.41) is 0. The lowest BCUT2D eigenvalue weighted by molar-refractivity contribution is 0.0793. The van der Waals surface area contributed by atoms with Crippen molar-refractivity contribution in [3.63, 3.8) is 0 Å². The molecule has 5 nitrogen and oxygen atoms in total. The van der Waals surface area contributed by atoms with Gasteiger partial charge in [0.2, 0.25) is 10.0 Å². The molecule has 0 saturated carbocycles. The van der Waals surface area contributed by atoms with E-state index >= 15 is 0 Å². The molecule has 1 aromatic heterocycles. The van der Waals surface area contributed by atoms with Crippen LogP contribution in [-0.2, 0) is 21.2 Å². The first-order chi connectivity index (χ1) is 9.97. The van der Waals surface area contributed by atoms with Crippen molar-refractivity contribution in [1.29, 1.82) is 0 Å². The number of nitrogens with zero attached hydrogens (tertiary/aromatic N) is 2. The van der Waals surface area contributed by atoms with Gasteiger partial charge < -0.3 is 4.74 Å². The Kier molecular flexibility index (Phi) is 4.03. The average molecular weight is 310 g/mol. The summed E-state index contributed by atoms with van der Waals surface area (Å²) in [6.45, 7) is 2.01. The molecule has 3 heterocycles. The Morgan fingerprint density at radius 3 is 2.81 bits per heavy atom. The van der Waals surface area contributed by atoms with Gasteiger partial charge in [-0.15, -0.1) is 0 Å². The number of hydrogen-bond acceptors (Lipinski definition) is 4. The van der Waals surface area contributed by atoms with Crippen molar-refractivity contribution in [3.8, 4) is 0 Å². The minimum atomic E-state index is -3.05. The SMILES string of the molecule is CS(=O)(=O)N1CCC2(CC1)COC(Cc1cccnc1)C2. The lowest BCUT2D eigenvalue weighted by Crippen LogP contribution is -2.43. The summed E-state index contributed by atoms with van der Waals surface area (Å²) in [6, 6.07) is 4.03. The highest BCUT2D eigenvalue weighted by Crippen LogP contribution is 2.43. The number of rotatable bonds is 3. The van der Waals surface area contributed by atoms with Crippen LogP contribution < -0.4 is 0 Å². The number of ether oxygens (including phenoxy) is 1. The maximum absolute atomic E-state index is 11.6. The summed E-state index contributed by atoms with van der Waals surface area (Å²) >= 11 is 0. The van der Waals surface area contributed by atoms with Crippen molar-refractivity contribution in [3.05, 3.63) is 30.1 Å². The van der Waals surface area contributed by atoms with E-state index in [-0.39, 0.29) is 11.5 Å². The molecule has 116 valence electrons. The Morgan fingerprint density at radius 1 is 1.43 bits per heavy atom. The van der Waals surface area contributed by atoms with E-state index in [0.29, 0.717) is 13.1 Å². The molecule has 0 aromatic carbocycles. The summed E-state index contributed by atoms with van der Waals surface area (Å²) in [5.41, 5.74) is 1.38. The van der Waals surface area contributed by atoms with E-state index in [1.807, 2.05) is 12.3 Å². The number of piperidine rings is 1.